The first kappa shape index (κ1) is 19.9. The van der Waals surface area contributed by atoms with Crippen molar-refractivity contribution in [2.75, 3.05) is 20.3 Å². The van der Waals surface area contributed by atoms with E-state index in [1.807, 2.05) is 44.2 Å². The fourth-order valence-electron chi connectivity index (χ4n) is 3.70. The normalized spacial score (nSPS) is 15.3. The monoisotopic (exact) mass is 381 g/mol. The molecule has 0 aromatic heterocycles. The van der Waals surface area contributed by atoms with Crippen LogP contribution in [-0.4, -0.2) is 36.9 Å². The Morgan fingerprint density at radius 1 is 1.14 bits per heavy atom. The van der Waals surface area contributed by atoms with E-state index < -0.39 is 0 Å². The van der Waals surface area contributed by atoms with E-state index in [1.54, 1.807) is 18.0 Å². The average molecular weight is 381 g/mol. The summed E-state index contributed by atoms with van der Waals surface area (Å²) in [6.07, 6.45) is 0.502. The molecule has 1 amide bonds. The molecule has 0 heterocycles. The van der Waals surface area contributed by atoms with Crippen LogP contribution in [0.2, 0.25) is 0 Å². The van der Waals surface area contributed by atoms with Crippen molar-refractivity contribution in [3.63, 3.8) is 0 Å². The number of hydrogen-bond acceptors (Lipinski definition) is 4. The van der Waals surface area contributed by atoms with Gasteiger partial charge in [0.15, 0.2) is 12.4 Å². The van der Waals surface area contributed by atoms with E-state index in [-0.39, 0.29) is 24.2 Å². The summed E-state index contributed by atoms with van der Waals surface area (Å²) in [6, 6.07) is 11.4. The highest BCUT2D eigenvalue weighted by Crippen LogP contribution is 2.40. The van der Waals surface area contributed by atoms with Gasteiger partial charge in [0.2, 0.25) is 0 Å². The van der Waals surface area contributed by atoms with Crippen molar-refractivity contribution in [1.82, 2.24) is 4.90 Å². The van der Waals surface area contributed by atoms with E-state index in [0.29, 0.717) is 30.9 Å². The zero-order valence-electron chi connectivity index (χ0n) is 17.0. The lowest BCUT2D eigenvalue weighted by Gasteiger charge is -2.19. The van der Waals surface area contributed by atoms with Gasteiger partial charge in [-0.05, 0) is 54.7 Å². The Bertz CT molecular complexity index is 873. The number of ether oxygens (including phenoxy) is 2. The van der Waals surface area contributed by atoms with E-state index in [9.17, 15) is 9.59 Å². The van der Waals surface area contributed by atoms with Gasteiger partial charge in [0.05, 0.1) is 12.2 Å². The summed E-state index contributed by atoms with van der Waals surface area (Å²) in [4.78, 5) is 26.5. The largest absolute Gasteiger partial charge is 0.494 e. The minimum atomic E-state index is -0.137. The molecule has 3 rings (SSSR count). The lowest BCUT2D eigenvalue weighted by molar-refractivity contribution is -0.132. The van der Waals surface area contributed by atoms with E-state index in [4.69, 9.17) is 9.47 Å². The Labute approximate surface area is 166 Å². The van der Waals surface area contributed by atoms with Crippen LogP contribution in [0.3, 0.4) is 0 Å². The standard InChI is InChI=1S/C23H27NO4/c1-5-27-18-9-7-17(8-10-18)13-24(4)21(26)14-28-20-11-6-15(2)22-16(3)12-19(25)23(20)22/h6-11,16H,5,12-14H2,1-4H3. The highest BCUT2D eigenvalue weighted by atomic mass is 16.5. The van der Waals surface area contributed by atoms with Gasteiger partial charge in [0.1, 0.15) is 11.5 Å². The Morgan fingerprint density at radius 2 is 1.86 bits per heavy atom. The number of carbonyl (C=O) groups excluding carboxylic acids is 2. The lowest BCUT2D eigenvalue weighted by Crippen LogP contribution is -2.31. The third kappa shape index (κ3) is 4.19. The summed E-state index contributed by atoms with van der Waals surface area (Å²) in [5.41, 5.74) is 3.81. The second kappa shape index (κ2) is 8.46. The molecule has 1 aliphatic rings. The highest BCUT2D eigenvalue weighted by Gasteiger charge is 2.31. The molecule has 148 valence electrons. The molecular weight excluding hydrogens is 354 g/mol. The highest BCUT2D eigenvalue weighted by molar-refractivity contribution is 6.04. The molecule has 2 aromatic carbocycles. The summed E-state index contributed by atoms with van der Waals surface area (Å²) in [5, 5.41) is 0. The second-order valence-electron chi connectivity index (χ2n) is 7.31. The Kier molecular flexibility index (Phi) is 6.02. The van der Waals surface area contributed by atoms with Gasteiger partial charge in [0.25, 0.3) is 5.91 Å². The minimum Gasteiger partial charge on any atom is -0.494 e. The molecule has 5 nitrogen and oxygen atoms in total. The molecule has 0 saturated heterocycles. The molecular formula is C23H27NO4. The molecule has 0 spiro atoms. The fourth-order valence-corrected chi connectivity index (χ4v) is 3.70. The molecule has 1 unspecified atom stereocenters. The van der Waals surface area contributed by atoms with Gasteiger partial charge < -0.3 is 14.4 Å². The van der Waals surface area contributed by atoms with Crippen molar-refractivity contribution in [2.24, 2.45) is 0 Å². The maximum atomic E-state index is 12.5. The molecule has 1 atom stereocenters. The fraction of sp³-hybridized carbons (Fsp3) is 0.391. The Balaban J connectivity index is 1.62. The van der Waals surface area contributed by atoms with Crippen LogP contribution >= 0.6 is 0 Å². The van der Waals surface area contributed by atoms with Gasteiger partial charge in [0, 0.05) is 20.0 Å². The first-order valence-electron chi connectivity index (χ1n) is 9.65. The van der Waals surface area contributed by atoms with Crippen molar-refractivity contribution in [1.29, 1.82) is 0 Å². The molecule has 0 fully saturated rings. The smallest absolute Gasteiger partial charge is 0.260 e. The molecule has 5 heteroatoms. The molecule has 0 saturated carbocycles. The topological polar surface area (TPSA) is 55.8 Å². The number of likely N-dealkylation sites (N-methyl/N-ethyl adjacent to an activating group) is 1. The zero-order chi connectivity index (χ0) is 20.3. The Hall–Kier alpha value is -2.82. The van der Waals surface area contributed by atoms with Crippen molar-refractivity contribution in [2.45, 2.75) is 39.7 Å². The van der Waals surface area contributed by atoms with Crippen LogP contribution in [0, 0.1) is 6.92 Å². The van der Waals surface area contributed by atoms with Gasteiger partial charge in [-0.3, -0.25) is 9.59 Å². The lowest BCUT2D eigenvalue weighted by atomic mass is 9.97. The average Bonchev–Trinajstić information content (AvgIpc) is 2.98. The number of benzene rings is 2. The first-order valence-corrected chi connectivity index (χ1v) is 9.65. The van der Waals surface area contributed by atoms with Crippen LogP contribution in [0.5, 0.6) is 11.5 Å². The number of aryl methyl sites for hydroxylation is 1. The number of amides is 1. The van der Waals surface area contributed by atoms with Crippen LogP contribution in [0.4, 0.5) is 0 Å². The van der Waals surface area contributed by atoms with E-state index in [1.165, 1.54) is 0 Å². The number of Topliss-reactive ketones (excluding diaryl/α,β-unsaturated/α-hetero) is 1. The van der Waals surface area contributed by atoms with Crippen LogP contribution < -0.4 is 9.47 Å². The first-order chi connectivity index (χ1) is 13.4. The van der Waals surface area contributed by atoms with Crippen LogP contribution in [0.25, 0.3) is 0 Å². The number of fused-ring (bicyclic) bond motifs is 1. The molecule has 0 bridgehead atoms. The van der Waals surface area contributed by atoms with Gasteiger partial charge in [-0.15, -0.1) is 0 Å². The third-order valence-corrected chi connectivity index (χ3v) is 5.12. The van der Waals surface area contributed by atoms with E-state index >= 15 is 0 Å². The van der Waals surface area contributed by atoms with Crippen molar-refractivity contribution in [3.05, 3.63) is 58.7 Å². The van der Waals surface area contributed by atoms with Gasteiger partial charge in [-0.25, -0.2) is 0 Å². The number of nitrogens with zero attached hydrogens (tertiary/aromatic N) is 1. The van der Waals surface area contributed by atoms with Crippen molar-refractivity contribution in [3.8, 4) is 11.5 Å². The van der Waals surface area contributed by atoms with Crippen LogP contribution in [0.1, 0.15) is 53.2 Å². The van der Waals surface area contributed by atoms with Gasteiger partial charge in [-0.1, -0.05) is 25.1 Å². The minimum absolute atomic E-state index is 0.0926. The van der Waals surface area contributed by atoms with Gasteiger partial charge in [-0.2, -0.15) is 0 Å². The number of ketones is 1. The van der Waals surface area contributed by atoms with Crippen molar-refractivity contribution < 1.29 is 19.1 Å². The zero-order valence-corrected chi connectivity index (χ0v) is 17.0. The van der Waals surface area contributed by atoms with Gasteiger partial charge >= 0.3 is 0 Å². The Morgan fingerprint density at radius 3 is 2.54 bits per heavy atom. The quantitative estimate of drug-likeness (QED) is 0.724. The number of carbonyl (C=O) groups is 2. The summed E-state index contributed by atoms with van der Waals surface area (Å²) in [5.74, 6) is 1.48. The molecule has 1 aliphatic carbocycles. The van der Waals surface area contributed by atoms with E-state index in [0.717, 1.165) is 22.4 Å². The number of rotatable bonds is 7. The summed E-state index contributed by atoms with van der Waals surface area (Å²) >= 11 is 0. The number of hydrogen-bond donors (Lipinski definition) is 0. The molecule has 2 aromatic rings. The van der Waals surface area contributed by atoms with Crippen LogP contribution in [0.15, 0.2) is 36.4 Å². The third-order valence-electron chi connectivity index (χ3n) is 5.12. The van der Waals surface area contributed by atoms with Crippen LogP contribution in [-0.2, 0) is 11.3 Å². The maximum Gasteiger partial charge on any atom is 0.260 e. The predicted octanol–water partition coefficient (Wildman–Crippen LogP) is 4.12. The summed E-state index contributed by atoms with van der Waals surface area (Å²) in [7, 11) is 1.74. The van der Waals surface area contributed by atoms with E-state index in [2.05, 4.69) is 6.92 Å². The predicted molar refractivity (Wildman–Crippen MR) is 108 cm³/mol. The second-order valence-corrected chi connectivity index (χ2v) is 7.31. The molecule has 0 aliphatic heterocycles. The SMILES string of the molecule is CCOc1ccc(CN(C)C(=O)COc2ccc(C)c3c2C(=O)CC3C)cc1. The maximum absolute atomic E-state index is 12.5. The van der Waals surface area contributed by atoms with Crippen molar-refractivity contribution >= 4 is 11.7 Å². The molecule has 28 heavy (non-hydrogen) atoms. The summed E-state index contributed by atoms with van der Waals surface area (Å²) in [6.45, 7) is 7.02. The summed E-state index contributed by atoms with van der Waals surface area (Å²) < 4.78 is 11.2. The molecule has 0 N–H and O–H groups in total. The molecule has 0 radical (unpaired) electrons.